The molecule has 0 unspecified atom stereocenters. The zero-order chi connectivity index (χ0) is 9.56. The average molecular weight is 168 g/mol. The summed E-state index contributed by atoms with van der Waals surface area (Å²) < 4.78 is 10.1. The van der Waals surface area contributed by atoms with Crippen molar-refractivity contribution in [3.05, 3.63) is 35.8 Å². The summed E-state index contributed by atoms with van der Waals surface area (Å²) in [6, 6.07) is 0. The van der Waals surface area contributed by atoms with Gasteiger partial charge in [-0.15, -0.1) is 0 Å². The van der Waals surface area contributed by atoms with Gasteiger partial charge in [-0.1, -0.05) is 12.2 Å². The molecule has 0 heterocycles. The molecule has 0 aliphatic heterocycles. The lowest BCUT2D eigenvalue weighted by Gasteiger charge is -2.02. The minimum atomic E-state index is 0.752. The highest BCUT2D eigenvalue weighted by atomic mass is 16.5. The Bertz CT molecular complexity index is 212. The summed E-state index contributed by atoms with van der Waals surface area (Å²) in [6.07, 6.45) is 3.66. The van der Waals surface area contributed by atoms with E-state index in [0.29, 0.717) is 0 Å². The summed E-state index contributed by atoms with van der Waals surface area (Å²) in [7, 11) is 3.24. The molecule has 0 radical (unpaired) electrons. The largest absolute Gasteiger partial charge is 0.501 e. The minimum absolute atomic E-state index is 0.752. The third-order valence-electron chi connectivity index (χ3n) is 1.29. The summed E-state index contributed by atoms with van der Waals surface area (Å²) in [5.41, 5.74) is 0.951. The summed E-state index contributed by atoms with van der Waals surface area (Å²) >= 11 is 0. The van der Waals surface area contributed by atoms with Crippen molar-refractivity contribution in [1.82, 2.24) is 0 Å². The number of ether oxygens (including phenoxy) is 2. The van der Waals surface area contributed by atoms with Crippen LogP contribution >= 0.6 is 0 Å². The van der Waals surface area contributed by atoms with Crippen molar-refractivity contribution in [1.29, 1.82) is 0 Å². The highest BCUT2D eigenvalue weighted by Crippen LogP contribution is 2.06. The number of hydrogen-bond donors (Lipinski definition) is 0. The van der Waals surface area contributed by atoms with Gasteiger partial charge in [0.25, 0.3) is 0 Å². The van der Waals surface area contributed by atoms with Crippen LogP contribution in [-0.4, -0.2) is 14.2 Å². The second-order valence-electron chi connectivity index (χ2n) is 2.56. The second kappa shape index (κ2) is 5.47. The Kier molecular flexibility index (Phi) is 4.93. The molecule has 0 aromatic heterocycles. The molecular formula is C10H16O2. The van der Waals surface area contributed by atoms with Gasteiger partial charge in [0.2, 0.25) is 0 Å². The maximum atomic E-state index is 5.08. The van der Waals surface area contributed by atoms with Crippen LogP contribution in [0.25, 0.3) is 0 Å². The van der Waals surface area contributed by atoms with Gasteiger partial charge in [0.15, 0.2) is 0 Å². The molecule has 0 atom stereocenters. The van der Waals surface area contributed by atoms with Crippen molar-refractivity contribution in [3.63, 3.8) is 0 Å². The van der Waals surface area contributed by atoms with E-state index in [1.54, 1.807) is 14.2 Å². The van der Waals surface area contributed by atoms with E-state index in [-0.39, 0.29) is 0 Å². The molecule has 0 saturated carbocycles. The topological polar surface area (TPSA) is 18.5 Å². The quantitative estimate of drug-likeness (QED) is 0.474. The Balaban J connectivity index is 4.47. The van der Waals surface area contributed by atoms with Crippen LogP contribution in [0.1, 0.15) is 13.8 Å². The highest BCUT2D eigenvalue weighted by Gasteiger charge is 1.92. The van der Waals surface area contributed by atoms with Gasteiger partial charge in [-0.2, -0.15) is 0 Å². The number of allylic oxidation sites excluding steroid dienone is 4. The van der Waals surface area contributed by atoms with Crippen molar-refractivity contribution < 1.29 is 9.47 Å². The summed E-state index contributed by atoms with van der Waals surface area (Å²) in [6.45, 7) is 7.53. The fourth-order valence-corrected chi connectivity index (χ4v) is 0.662. The predicted octanol–water partition coefficient (Wildman–Crippen LogP) is 2.64. The van der Waals surface area contributed by atoms with Gasteiger partial charge >= 0.3 is 0 Å². The van der Waals surface area contributed by atoms with Crippen molar-refractivity contribution >= 4 is 0 Å². The third kappa shape index (κ3) is 4.61. The Morgan fingerprint density at radius 3 is 2.00 bits per heavy atom. The first-order valence-corrected chi connectivity index (χ1v) is 3.73. The van der Waals surface area contributed by atoms with Gasteiger partial charge in [-0.3, -0.25) is 0 Å². The lowest BCUT2D eigenvalue weighted by atomic mass is 10.3. The Morgan fingerprint density at radius 1 is 1.08 bits per heavy atom. The van der Waals surface area contributed by atoms with Crippen LogP contribution in [0.5, 0.6) is 0 Å². The molecular weight excluding hydrogens is 152 g/mol. The molecule has 0 aliphatic carbocycles. The van der Waals surface area contributed by atoms with Crippen LogP contribution in [-0.2, 0) is 9.47 Å². The van der Waals surface area contributed by atoms with E-state index in [2.05, 4.69) is 6.58 Å². The van der Waals surface area contributed by atoms with Crippen LogP contribution in [0.4, 0.5) is 0 Å². The van der Waals surface area contributed by atoms with Gasteiger partial charge in [-0.25, -0.2) is 0 Å². The van der Waals surface area contributed by atoms with Gasteiger partial charge in [-0.05, 0) is 19.9 Å². The molecule has 2 heteroatoms. The molecule has 0 amide bonds. The van der Waals surface area contributed by atoms with E-state index in [4.69, 9.17) is 9.47 Å². The summed E-state index contributed by atoms with van der Waals surface area (Å²) in [5, 5.41) is 0. The smallest absolute Gasteiger partial charge is 0.122 e. The first-order chi connectivity index (χ1) is 5.60. The first-order valence-electron chi connectivity index (χ1n) is 3.73. The van der Waals surface area contributed by atoms with E-state index in [9.17, 15) is 0 Å². The third-order valence-corrected chi connectivity index (χ3v) is 1.29. The predicted molar refractivity (Wildman–Crippen MR) is 50.7 cm³/mol. The fraction of sp³-hybridized carbons (Fsp3) is 0.400. The molecule has 68 valence electrons. The minimum Gasteiger partial charge on any atom is -0.501 e. The summed E-state index contributed by atoms with van der Waals surface area (Å²) in [4.78, 5) is 0. The van der Waals surface area contributed by atoms with E-state index in [1.807, 2.05) is 26.0 Å². The van der Waals surface area contributed by atoms with Crippen molar-refractivity contribution in [3.8, 4) is 0 Å². The normalized spacial score (nSPS) is 12.7. The Hall–Kier alpha value is -1.18. The van der Waals surface area contributed by atoms with Gasteiger partial charge in [0.1, 0.15) is 5.76 Å². The van der Waals surface area contributed by atoms with Crippen LogP contribution in [0.3, 0.4) is 0 Å². The van der Waals surface area contributed by atoms with E-state index in [1.165, 1.54) is 0 Å². The molecule has 2 nitrogen and oxygen atoms in total. The van der Waals surface area contributed by atoms with E-state index >= 15 is 0 Å². The zero-order valence-electron chi connectivity index (χ0n) is 8.18. The average Bonchev–Trinajstić information content (AvgIpc) is 2.02. The van der Waals surface area contributed by atoms with Gasteiger partial charge < -0.3 is 9.47 Å². The standard InChI is InChI=1S/C10H16O2/c1-8(2)6-10(12-5)7-9(3)11-4/h6-7H,1H2,2-5H3/b9-7+,10-6+. The molecule has 12 heavy (non-hydrogen) atoms. The molecule has 0 rings (SSSR count). The van der Waals surface area contributed by atoms with Crippen molar-refractivity contribution in [2.75, 3.05) is 14.2 Å². The molecule has 0 aromatic carbocycles. The lowest BCUT2D eigenvalue weighted by molar-refractivity contribution is 0.277. The molecule has 0 saturated heterocycles. The summed E-state index contributed by atoms with van der Waals surface area (Å²) in [5.74, 6) is 1.56. The molecule has 0 aromatic rings. The number of methoxy groups -OCH3 is 2. The molecule has 0 spiro atoms. The zero-order valence-corrected chi connectivity index (χ0v) is 8.18. The van der Waals surface area contributed by atoms with E-state index < -0.39 is 0 Å². The van der Waals surface area contributed by atoms with Crippen LogP contribution in [0, 0.1) is 0 Å². The van der Waals surface area contributed by atoms with Gasteiger partial charge in [0.05, 0.1) is 20.0 Å². The fourth-order valence-electron chi connectivity index (χ4n) is 0.662. The SMILES string of the molecule is C=C(C)/C=C(\C=C(/C)OC)OC. The maximum Gasteiger partial charge on any atom is 0.122 e. The van der Waals surface area contributed by atoms with Crippen LogP contribution < -0.4 is 0 Å². The number of hydrogen-bond acceptors (Lipinski definition) is 2. The highest BCUT2D eigenvalue weighted by molar-refractivity contribution is 5.23. The first kappa shape index (κ1) is 10.8. The molecule has 0 aliphatic rings. The van der Waals surface area contributed by atoms with Crippen LogP contribution in [0.15, 0.2) is 35.8 Å². The second-order valence-corrected chi connectivity index (χ2v) is 2.56. The molecule has 0 N–H and O–H groups in total. The lowest BCUT2D eigenvalue weighted by Crippen LogP contribution is -1.86. The van der Waals surface area contributed by atoms with Crippen LogP contribution in [0.2, 0.25) is 0 Å². The van der Waals surface area contributed by atoms with Crippen molar-refractivity contribution in [2.24, 2.45) is 0 Å². The monoisotopic (exact) mass is 168 g/mol. The van der Waals surface area contributed by atoms with E-state index in [0.717, 1.165) is 17.1 Å². The molecule has 0 fully saturated rings. The Labute approximate surface area is 74.2 Å². The van der Waals surface area contributed by atoms with Gasteiger partial charge in [0, 0.05) is 6.08 Å². The molecule has 0 bridgehead atoms. The Morgan fingerprint density at radius 2 is 1.67 bits per heavy atom. The number of rotatable bonds is 4. The maximum absolute atomic E-state index is 5.08. The van der Waals surface area contributed by atoms with Crippen molar-refractivity contribution in [2.45, 2.75) is 13.8 Å².